The number of hydrogen-bond donors (Lipinski definition) is 0. The molecule has 1 aliphatic carbocycles. The van der Waals surface area contributed by atoms with Gasteiger partial charge in [-0.2, -0.15) is 0 Å². The van der Waals surface area contributed by atoms with E-state index in [1.54, 1.807) is 0 Å². The molecule has 0 nitrogen and oxygen atoms in total. The number of alkyl halides is 2. The van der Waals surface area contributed by atoms with E-state index in [2.05, 4.69) is 15.9 Å². The Kier molecular flexibility index (Phi) is 4.08. The van der Waals surface area contributed by atoms with Crippen molar-refractivity contribution in [3.8, 4) is 0 Å². The molecule has 0 amide bonds. The van der Waals surface area contributed by atoms with Crippen LogP contribution in [0.1, 0.15) is 25.7 Å². The monoisotopic (exact) mass is 224 g/mol. The molecule has 0 aromatic carbocycles. The summed E-state index contributed by atoms with van der Waals surface area (Å²) in [5.41, 5.74) is 0. The molecule has 1 aliphatic rings. The fraction of sp³-hybridized carbons (Fsp3) is 1.00. The molecule has 2 heteroatoms. The minimum atomic E-state index is 0.787. The molecule has 1 rings (SSSR count). The van der Waals surface area contributed by atoms with Crippen LogP contribution < -0.4 is 0 Å². The Balaban J connectivity index is 2.34. The van der Waals surface area contributed by atoms with Crippen LogP contribution in [0, 0.1) is 11.8 Å². The van der Waals surface area contributed by atoms with Crippen LogP contribution in [-0.2, 0) is 0 Å². The van der Waals surface area contributed by atoms with Crippen molar-refractivity contribution >= 4 is 27.5 Å². The highest BCUT2D eigenvalue weighted by Gasteiger charge is 2.22. The van der Waals surface area contributed by atoms with Gasteiger partial charge in [-0.05, 0) is 24.7 Å². The van der Waals surface area contributed by atoms with Crippen molar-refractivity contribution < 1.29 is 0 Å². The van der Waals surface area contributed by atoms with Gasteiger partial charge in [-0.15, -0.1) is 11.6 Å². The topological polar surface area (TPSA) is 0 Å². The van der Waals surface area contributed by atoms with Gasteiger partial charge in [0.1, 0.15) is 0 Å². The first-order chi connectivity index (χ1) is 4.88. The molecule has 0 aromatic rings. The molecule has 1 fully saturated rings. The molecule has 10 heavy (non-hydrogen) atoms. The van der Waals surface area contributed by atoms with E-state index >= 15 is 0 Å². The number of hydrogen-bond acceptors (Lipinski definition) is 0. The van der Waals surface area contributed by atoms with Gasteiger partial charge in [0.15, 0.2) is 0 Å². The zero-order valence-electron chi connectivity index (χ0n) is 6.15. The standard InChI is InChI=1S/C8H14BrCl/c9-5-7-3-1-2-4-8(7)6-10/h7-8H,1-6H2/t7-,8+/m1/s1. The van der Waals surface area contributed by atoms with Crippen LogP contribution in [0.15, 0.2) is 0 Å². The predicted molar refractivity (Wildman–Crippen MR) is 50.0 cm³/mol. The SMILES string of the molecule is ClC[C@@H]1CCCC[C@@H]1CBr. The Bertz CT molecular complexity index is 83.3. The van der Waals surface area contributed by atoms with E-state index in [4.69, 9.17) is 11.6 Å². The third kappa shape index (κ3) is 2.13. The fourth-order valence-electron chi connectivity index (χ4n) is 1.69. The van der Waals surface area contributed by atoms with Gasteiger partial charge in [0.05, 0.1) is 0 Å². The summed E-state index contributed by atoms with van der Waals surface area (Å²) in [6, 6.07) is 0. The van der Waals surface area contributed by atoms with Crippen LogP contribution in [-0.4, -0.2) is 11.2 Å². The van der Waals surface area contributed by atoms with Crippen molar-refractivity contribution in [3.63, 3.8) is 0 Å². The maximum atomic E-state index is 5.83. The van der Waals surface area contributed by atoms with Crippen molar-refractivity contribution in [2.75, 3.05) is 11.2 Å². The Labute approximate surface area is 76.5 Å². The largest absolute Gasteiger partial charge is 0.126 e. The Morgan fingerprint density at radius 1 is 1.20 bits per heavy atom. The van der Waals surface area contributed by atoms with Gasteiger partial charge < -0.3 is 0 Å². The van der Waals surface area contributed by atoms with Crippen molar-refractivity contribution in [2.45, 2.75) is 25.7 Å². The van der Waals surface area contributed by atoms with Gasteiger partial charge in [-0.3, -0.25) is 0 Å². The quantitative estimate of drug-likeness (QED) is 0.632. The molecule has 0 aromatic heterocycles. The molecule has 1 saturated carbocycles. The molecular weight excluding hydrogens is 211 g/mol. The molecule has 0 bridgehead atoms. The zero-order chi connectivity index (χ0) is 7.40. The Morgan fingerprint density at radius 3 is 2.20 bits per heavy atom. The fourth-order valence-corrected chi connectivity index (χ4v) is 2.95. The molecule has 60 valence electrons. The van der Waals surface area contributed by atoms with E-state index in [-0.39, 0.29) is 0 Å². The van der Waals surface area contributed by atoms with Crippen molar-refractivity contribution in [1.29, 1.82) is 0 Å². The Hall–Kier alpha value is 0.770. The van der Waals surface area contributed by atoms with Gasteiger partial charge in [0.25, 0.3) is 0 Å². The minimum Gasteiger partial charge on any atom is -0.126 e. The second-order valence-corrected chi connectivity index (χ2v) is 4.07. The molecule has 0 saturated heterocycles. The van der Waals surface area contributed by atoms with Gasteiger partial charge in [0.2, 0.25) is 0 Å². The lowest BCUT2D eigenvalue weighted by Crippen LogP contribution is -2.21. The molecule has 0 spiro atoms. The molecule has 0 unspecified atom stereocenters. The molecule has 0 heterocycles. The Morgan fingerprint density at radius 2 is 1.80 bits per heavy atom. The average molecular weight is 226 g/mol. The summed E-state index contributed by atoms with van der Waals surface area (Å²) in [7, 11) is 0. The van der Waals surface area contributed by atoms with Gasteiger partial charge >= 0.3 is 0 Å². The minimum absolute atomic E-state index is 0.787. The summed E-state index contributed by atoms with van der Waals surface area (Å²) in [6.45, 7) is 0. The maximum Gasteiger partial charge on any atom is 0.0254 e. The lowest BCUT2D eigenvalue weighted by Gasteiger charge is -2.28. The lowest BCUT2D eigenvalue weighted by molar-refractivity contribution is 0.287. The second kappa shape index (κ2) is 4.61. The zero-order valence-corrected chi connectivity index (χ0v) is 8.50. The first kappa shape index (κ1) is 8.86. The second-order valence-electron chi connectivity index (χ2n) is 3.11. The highest BCUT2D eigenvalue weighted by molar-refractivity contribution is 9.09. The average Bonchev–Trinajstić information content (AvgIpc) is 2.04. The lowest BCUT2D eigenvalue weighted by atomic mass is 9.82. The van der Waals surface area contributed by atoms with Crippen LogP contribution in [0.4, 0.5) is 0 Å². The summed E-state index contributed by atoms with van der Waals surface area (Å²) in [5.74, 6) is 2.50. The summed E-state index contributed by atoms with van der Waals surface area (Å²) in [4.78, 5) is 0. The van der Waals surface area contributed by atoms with E-state index in [0.717, 1.165) is 23.0 Å². The summed E-state index contributed by atoms with van der Waals surface area (Å²) in [6.07, 6.45) is 5.52. The van der Waals surface area contributed by atoms with Crippen LogP contribution >= 0.6 is 27.5 Å². The highest BCUT2D eigenvalue weighted by atomic mass is 79.9. The van der Waals surface area contributed by atoms with E-state index in [9.17, 15) is 0 Å². The van der Waals surface area contributed by atoms with E-state index < -0.39 is 0 Å². The van der Waals surface area contributed by atoms with Gasteiger partial charge in [0, 0.05) is 11.2 Å². The number of rotatable bonds is 2. The van der Waals surface area contributed by atoms with Crippen LogP contribution in [0.25, 0.3) is 0 Å². The van der Waals surface area contributed by atoms with Crippen molar-refractivity contribution in [3.05, 3.63) is 0 Å². The van der Waals surface area contributed by atoms with E-state index in [1.807, 2.05) is 0 Å². The van der Waals surface area contributed by atoms with Crippen LogP contribution in [0.2, 0.25) is 0 Å². The summed E-state index contributed by atoms with van der Waals surface area (Å²) < 4.78 is 0. The van der Waals surface area contributed by atoms with Crippen molar-refractivity contribution in [1.82, 2.24) is 0 Å². The first-order valence-electron chi connectivity index (χ1n) is 4.00. The molecular formula is C8H14BrCl. The molecule has 0 N–H and O–H groups in total. The van der Waals surface area contributed by atoms with E-state index in [0.29, 0.717) is 0 Å². The van der Waals surface area contributed by atoms with Crippen molar-refractivity contribution in [2.24, 2.45) is 11.8 Å². The van der Waals surface area contributed by atoms with Gasteiger partial charge in [-0.1, -0.05) is 28.8 Å². The van der Waals surface area contributed by atoms with E-state index in [1.165, 1.54) is 25.7 Å². The first-order valence-corrected chi connectivity index (χ1v) is 5.66. The third-order valence-electron chi connectivity index (χ3n) is 2.46. The predicted octanol–water partition coefficient (Wildman–Crippen LogP) is 3.43. The van der Waals surface area contributed by atoms with Crippen LogP contribution in [0.5, 0.6) is 0 Å². The molecule has 2 atom stereocenters. The summed E-state index contributed by atoms with van der Waals surface area (Å²) >= 11 is 9.37. The molecule has 0 radical (unpaired) electrons. The third-order valence-corrected chi connectivity index (χ3v) is 3.69. The normalized spacial score (nSPS) is 34.2. The summed E-state index contributed by atoms with van der Waals surface area (Å²) in [5, 5.41) is 1.14. The highest BCUT2D eigenvalue weighted by Crippen LogP contribution is 2.31. The molecule has 0 aliphatic heterocycles. The smallest absolute Gasteiger partial charge is 0.0254 e. The number of halogens is 2. The van der Waals surface area contributed by atoms with Gasteiger partial charge in [-0.25, -0.2) is 0 Å². The maximum absolute atomic E-state index is 5.83. The van der Waals surface area contributed by atoms with Crippen LogP contribution in [0.3, 0.4) is 0 Å².